The number of amides is 1. The molecular weight excluding hydrogens is 410 g/mol. The molecule has 2 N–H and O–H groups in total. The van der Waals surface area contributed by atoms with E-state index in [1.54, 1.807) is 17.3 Å². The van der Waals surface area contributed by atoms with Crippen LogP contribution in [0, 0.1) is 0 Å². The van der Waals surface area contributed by atoms with Crippen LogP contribution in [0.15, 0.2) is 115 Å². The summed E-state index contributed by atoms with van der Waals surface area (Å²) < 4.78 is 0. The Labute approximate surface area is 192 Å². The number of carbonyl (C=O) groups excluding carboxylic acids is 1. The molecule has 1 heterocycles. The van der Waals surface area contributed by atoms with Gasteiger partial charge in [0.1, 0.15) is 6.04 Å². The van der Waals surface area contributed by atoms with Crippen LogP contribution in [0.2, 0.25) is 0 Å². The van der Waals surface area contributed by atoms with E-state index in [-0.39, 0.29) is 11.9 Å². The van der Waals surface area contributed by atoms with Crippen LogP contribution >= 0.6 is 0 Å². The van der Waals surface area contributed by atoms with Crippen LogP contribution in [-0.4, -0.2) is 11.1 Å². The highest BCUT2D eigenvalue weighted by molar-refractivity contribution is 6.04. The van der Waals surface area contributed by atoms with Gasteiger partial charge in [0.25, 0.3) is 5.91 Å². The molecule has 4 aromatic carbocycles. The lowest BCUT2D eigenvalue weighted by atomic mass is 10.1. The molecule has 1 atom stereocenters. The fourth-order valence-corrected chi connectivity index (χ4v) is 3.74. The van der Waals surface area contributed by atoms with Crippen LogP contribution < -0.4 is 15.6 Å². The molecule has 5 heteroatoms. The van der Waals surface area contributed by atoms with Crippen LogP contribution in [0.4, 0.5) is 11.4 Å². The quantitative estimate of drug-likeness (QED) is 0.373. The minimum Gasteiger partial charge on any atom is -0.385 e. The molecule has 33 heavy (non-hydrogen) atoms. The van der Waals surface area contributed by atoms with Gasteiger partial charge >= 0.3 is 0 Å². The van der Waals surface area contributed by atoms with Crippen LogP contribution in [0.5, 0.6) is 5.75 Å². The van der Waals surface area contributed by atoms with Gasteiger partial charge in [0.15, 0.2) is 5.75 Å². The highest BCUT2D eigenvalue weighted by Crippen LogP contribution is 2.37. The molecule has 0 spiro atoms. The zero-order valence-corrected chi connectivity index (χ0v) is 17.9. The number of fused-ring (bicyclic) bond motifs is 1. The van der Waals surface area contributed by atoms with E-state index < -0.39 is 0 Å². The zero-order valence-electron chi connectivity index (χ0n) is 17.9. The van der Waals surface area contributed by atoms with E-state index in [0.29, 0.717) is 17.0 Å². The summed E-state index contributed by atoms with van der Waals surface area (Å²) in [5, 5.41) is 4.65. The Morgan fingerprint density at radius 3 is 2.39 bits per heavy atom. The van der Waals surface area contributed by atoms with Crippen molar-refractivity contribution in [2.24, 2.45) is 0 Å². The number of benzene rings is 4. The van der Waals surface area contributed by atoms with E-state index in [1.807, 2.05) is 78.9 Å². The molecule has 0 aliphatic carbocycles. The van der Waals surface area contributed by atoms with E-state index in [1.165, 1.54) is 0 Å². The van der Waals surface area contributed by atoms with Gasteiger partial charge in [-0.05, 0) is 41.1 Å². The fraction of sp³-hybridized carbons (Fsp3) is 0.0357. The number of para-hydroxylation sites is 1. The predicted molar refractivity (Wildman–Crippen MR) is 132 cm³/mol. The molecule has 1 amide bonds. The van der Waals surface area contributed by atoms with Crippen molar-refractivity contribution in [1.82, 2.24) is 5.17 Å². The molecule has 0 saturated carbocycles. The third-order valence-electron chi connectivity index (χ3n) is 5.36. The molecule has 0 radical (unpaired) electrons. The minimum absolute atomic E-state index is 0.121. The van der Waals surface area contributed by atoms with Gasteiger partial charge in [-0.2, -0.15) is 0 Å². The molecule has 0 saturated heterocycles. The van der Waals surface area contributed by atoms with E-state index in [9.17, 15) is 4.79 Å². The lowest BCUT2D eigenvalue weighted by molar-refractivity contribution is -0.0489. The Morgan fingerprint density at radius 1 is 0.848 bits per heavy atom. The molecule has 5 rings (SSSR count). The average molecular weight is 434 g/mol. The van der Waals surface area contributed by atoms with Crippen LogP contribution in [0.1, 0.15) is 27.5 Å². The first-order valence-corrected chi connectivity index (χ1v) is 10.8. The van der Waals surface area contributed by atoms with Crippen molar-refractivity contribution in [3.63, 3.8) is 0 Å². The fourth-order valence-electron chi connectivity index (χ4n) is 3.74. The molecule has 4 aromatic rings. The summed E-state index contributed by atoms with van der Waals surface area (Å²) in [7, 11) is 0. The van der Waals surface area contributed by atoms with Crippen molar-refractivity contribution in [1.29, 1.82) is 0 Å². The van der Waals surface area contributed by atoms with Crippen LogP contribution in [0.25, 0.3) is 6.08 Å². The Kier molecular flexibility index (Phi) is 5.87. The molecule has 1 aliphatic rings. The summed E-state index contributed by atoms with van der Waals surface area (Å²) in [6.07, 6.45) is 4.19. The maximum Gasteiger partial charge on any atom is 0.255 e. The third-order valence-corrected chi connectivity index (χ3v) is 5.36. The highest BCUT2D eigenvalue weighted by atomic mass is 16.7. The smallest absolute Gasteiger partial charge is 0.255 e. The van der Waals surface area contributed by atoms with Gasteiger partial charge in [-0.1, -0.05) is 84.9 Å². The molecule has 162 valence electrons. The normalized spacial score (nSPS) is 15.1. The second-order valence-electron chi connectivity index (χ2n) is 7.68. The summed E-state index contributed by atoms with van der Waals surface area (Å²) in [4.78, 5) is 18.7. The number of hydrogen-bond donors (Lipinski definition) is 2. The van der Waals surface area contributed by atoms with E-state index in [0.717, 1.165) is 16.8 Å². The minimum atomic E-state index is -0.164. The van der Waals surface area contributed by atoms with Crippen LogP contribution in [0.3, 0.4) is 0 Å². The first-order chi connectivity index (χ1) is 16.3. The van der Waals surface area contributed by atoms with Crippen molar-refractivity contribution in [3.05, 3.63) is 132 Å². The lowest BCUT2D eigenvalue weighted by Crippen LogP contribution is -2.30. The van der Waals surface area contributed by atoms with Crippen molar-refractivity contribution >= 4 is 23.4 Å². The third kappa shape index (κ3) is 4.79. The topological polar surface area (TPSA) is 53.6 Å². The van der Waals surface area contributed by atoms with Crippen molar-refractivity contribution in [3.8, 4) is 5.75 Å². The van der Waals surface area contributed by atoms with Gasteiger partial charge in [-0.15, -0.1) is 0 Å². The van der Waals surface area contributed by atoms with Gasteiger partial charge in [-0.25, -0.2) is 0 Å². The standard InChI is InChI=1S/C28H23N3O2/c32-28(22-12-5-2-6-13-22)29-23-14-9-15-24(20-23)33-31-27(19-18-21-10-3-1-4-11-21)25-16-7-8-17-26(25)30-31/h1-20,27,30H,(H,29,32). The number of nitrogens with zero attached hydrogens (tertiary/aromatic N) is 1. The highest BCUT2D eigenvalue weighted by Gasteiger charge is 2.30. The summed E-state index contributed by atoms with van der Waals surface area (Å²) >= 11 is 0. The average Bonchev–Trinajstić information content (AvgIpc) is 3.21. The maximum atomic E-state index is 12.5. The molecular formula is C28H23N3O2. The number of anilines is 2. The number of rotatable bonds is 6. The Hall–Kier alpha value is -4.35. The Balaban J connectivity index is 1.35. The summed E-state index contributed by atoms with van der Waals surface area (Å²) in [5.41, 5.74) is 7.83. The molecule has 0 fully saturated rings. The number of hydroxylamine groups is 1. The van der Waals surface area contributed by atoms with Crippen LogP contribution in [-0.2, 0) is 0 Å². The van der Waals surface area contributed by atoms with Gasteiger partial charge in [0, 0.05) is 22.9 Å². The maximum absolute atomic E-state index is 12.5. The van der Waals surface area contributed by atoms with Crippen molar-refractivity contribution < 1.29 is 9.63 Å². The van der Waals surface area contributed by atoms with Crippen molar-refractivity contribution in [2.45, 2.75) is 6.04 Å². The molecule has 1 unspecified atom stereocenters. The largest absolute Gasteiger partial charge is 0.385 e. The molecule has 0 aromatic heterocycles. The first-order valence-electron chi connectivity index (χ1n) is 10.8. The number of hydrazine groups is 1. The zero-order chi connectivity index (χ0) is 22.5. The predicted octanol–water partition coefficient (Wildman–Crippen LogP) is 6.33. The van der Waals surface area contributed by atoms with Crippen molar-refractivity contribution in [2.75, 3.05) is 10.7 Å². The molecule has 0 bridgehead atoms. The summed E-state index contributed by atoms with van der Waals surface area (Å²) in [6.45, 7) is 0. The monoisotopic (exact) mass is 433 g/mol. The van der Waals surface area contributed by atoms with Gasteiger partial charge in [0.05, 0.1) is 5.69 Å². The lowest BCUT2D eigenvalue weighted by Gasteiger charge is -2.22. The summed E-state index contributed by atoms with van der Waals surface area (Å²) in [5.74, 6) is 0.447. The van der Waals surface area contributed by atoms with Gasteiger partial charge in [0.2, 0.25) is 0 Å². The molecule has 5 nitrogen and oxygen atoms in total. The number of carbonyl (C=O) groups is 1. The van der Waals surface area contributed by atoms with Gasteiger partial charge < -0.3 is 10.2 Å². The SMILES string of the molecule is O=C(Nc1cccc(ON2Nc3ccccc3C2C=Cc2ccccc2)c1)c1ccccc1. The number of hydrogen-bond acceptors (Lipinski definition) is 4. The van der Waals surface area contributed by atoms with E-state index >= 15 is 0 Å². The van der Waals surface area contributed by atoms with E-state index in [4.69, 9.17) is 4.84 Å². The first kappa shape index (κ1) is 20.5. The summed E-state index contributed by atoms with van der Waals surface area (Å²) in [6, 6.07) is 34.7. The second-order valence-corrected chi connectivity index (χ2v) is 7.68. The van der Waals surface area contributed by atoms with E-state index in [2.05, 4.69) is 41.1 Å². The Bertz CT molecular complexity index is 1270. The molecule has 1 aliphatic heterocycles. The van der Waals surface area contributed by atoms with Gasteiger partial charge in [-0.3, -0.25) is 10.2 Å². The second kappa shape index (κ2) is 9.42. The Morgan fingerprint density at radius 2 is 1.58 bits per heavy atom. The number of nitrogens with one attached hydrogen (secondary N) is 2.